The molecule has 2 nitrogen and oxygen atoms in total. The van der Waals surface area contributed by atoms with Crippen molar-refractivity contribution in [3.63, 3.8) is 0 Å². The minimum absolute atomic E-state index is 0. The van der Waals surface area contributed by atoms with Crippen LogP contribution < -0.4 is 0 Å². The van der Waals surface area contributed by atoms with Crippen molar-refractivity contribution in [3.8, 4) is 0 Å². The Bertz CT molecular complexity index is 74.3. The third-order valence-corrected chi connectivity index (χ3v) is 1.40. The van der Waals surface area contributed by atoms with Crippen LogP contribution >= 0.6 is 8.03 Å². The molecule has 1 atom stereocenters. The average molecular weight is 163 g/mol. The summed E-state index contributed by atoms with van der Waals surface area (Å²) in [6.07, 6.45) is 2.33. The van der Waals surface area contributed by atoms with Crippen LogP contribution in [-0.2, 0) is 4.57 Å². The van der Waals surface area contributed by atoms with E-state index in [1.165, 1.54) is 0 Å². The molecule has 0 saturated heterocycles. The van der Waals surface area contributed by atoms with Crippen LogP contribution in [0.4, 0.5) is 0 Å². The molecule has 46 valence electrons. The van der Waals surface area contributed by atoms with Gasteiger partial charge in [0.15, 0.2) is 6.16 Å². The standard InChI is InChI=1S/C4H9O2P.Ca.2H/c1-2-3-4-7(5)6;;;/h2-4H2,1H3;;;/q;+2;2*-1/p+1. The fourth-order valence-corrected chi connectivity index (χ4v) is 0.880. The van der Waals surface area contributed by atoms with Gasteiger partial charge in [0.05, 0.1) is 0 Å². The summed E-state index contributed by atoms with van der Waals surface area (Å²) in [6.45, 7) is 2.00. The number of rotatable bonds is 3. The summed E-state index contributed by atoms with van der Waals surface area (Å²) in [4.78, 5) is 8.19. The van der Waals surface area contributed by atoms with E-state index in [9.17, 15) is 4.57 Å². The van der Waals surface area contributed by atoms with Gasteiger partial charge >= 0.3 is 45.8 Å². The Kier molecular flexibility index (Phi) is 12.5. The third-order valence-electron chi connectivity index (χ3n) is 0.703. The van der Waals surface area contributed by atoms with Gasteiger partial charge in [-0.15, -0.1) is 0 Å². The topological polar surface area (TPSA) is 37.3 Å². The fourth-order valence-electron chi connectivity index (χ4n) is 0.293. The number of hydrogen-bond donors (Lipinski definition) is 1. The van der Waals surface area contributed by atoms with Crippen molar-refractivity contribution in [2.24, 2.45) is 0 Å². The molecule has 0 saturated carbocycles. The van der Waals surface area contributed by atoms with Crippen LogP contribution in [0.15, 0.2) is 0 Å². The molecule has 8 heavy (non-hydrogen) atoms. The summed E-state index contributed by atoms with van der Waals surface area (Å²) in [5, 5.41) is 0. The van der Waals surface area contributed by atoms with Crippen molar-refractivity contribution in [2.75, 3.05) is 6.16 Å². The smallest absolute Gasteiger partial charge is 1.00 e. The largest absolute Gasteiger partial charge is 2.00 e. The Labute approximate surface area is 83.5 Å². The SMILES string of the molecule is CCCC[P+](=O)O.[Ca+2].[H-].[H-]. The monoisotopic (exact) mass is 163 g/mol. The van der Waals surface area contributed by atoms with Crippen LogP contribution in [0.2, 0.25) is 0 Å². The molecule has 1 unspecified atom stereocenters. The van der Waals surface area contributed by atoms with Crippen molar-refractivity contribution in [2.45, 2.75) is 19.8 Å². The van der Waals surface area contributed by atoms with Gasteiger partial charge in [0, 0.05) is 0 Å². The predicted molar refractivity (Wildman–Crippen MR) is 37.6 cm³/mol. The van der Waals surface area contributed by atoms with Gasteiger partial charge in [0.2, 0.25) is 0 Å². The minimum atomic E-state index is -1.86. The van der Waals surface area contributed by atoms with E-state index >= 15 is 0 Å². The molecule has 0 heterocycles. The molecule has 0 spiro atoms. The maximum absolute atomic E-state index is 9.91. The van der Waals surface area contributed by atoms with E-state index in [2.05, 4.69) is 0 Å². The van der Waals surface area contributed by atoms with Gasteiger partial charge in [-0.3, -0.25) is 0 Å². The summed E-state index contributed by atoms with van der Waals surface area (Å²) < 4.78 is 9.91. The molecule has 4 heteroatoms. The first kappa shape index (κ1) is 12.0. The van der Waals surface area contributed by atoms with E-state index in [0.29, 0.717) is 6.16 Å². The molecule has 0 aliphatic rings. The number of unbranched alkanes of at least 4 members (excludes halogenated alkanes) is 1. The fraction of sp³-hybridized carbons (Fsp3) is 1.00. The Morgan fingerprint density at radius 2 is 2.25 bits per heavy atom. The first-order chi connectivity index (χ1) is 3.27. The van der Waals surface area contributed by atoms with Crippen LogP contribution in [0.3, 0.4) is 0 Å². The van der Waals surface area contributed by atoms with Crippen LogP contribution in [0.1, 0.15) is 22.6 Å². The van der Waals surface area contributed by atoms with Gasteiger partial charge in [-0.2, -0.15) is 4.89 Å². The van der Waals surface area contributed by atoms with Crippen molar-refractivity contribution in [1.82, 2.24) is 0 Å². The summed E-state index contributed by atoms with van der Waals surface area (Å²) in [7, 11) is -1.86. The number of hydrogen-bond acceptors (Lipinski definition) is 1. The second-order valence-electron chi connectivity index (χ2n) is 1.43. The quantitative estimate of drug-likeness (QED) is 0.504. The molecule has 0 aliphatic heterocycles. The molecular formula is C4H12CaO2P+. The molecule has 0 bridgehead atoms. The Hall–Kier alpha value is 1.32. The van der Waals surface area contributed by atoms with E-state index in [4.69, 9.17) is 4.89 Å². The first-order valence-electron chi connectivity index (χ1n) is 2.41. The molecule has 0 radical (unpaired) electrons. The van der Waals surface area contributed by atoms with E-state index in [0.717, 1.165) is 12.8 Å². The van der Waals surface area contributed by atoms with Crippen molar-refractivity contribution < 1.29 is 12.3 Å². The predicted octanol–water partition coefficient (Wildman–Crippen LogP) is 1.37. The molecule has 0 aromatic carbocycles. The molecule has 0 aromatic rings. The van der Waals surface area contributed by atoms with Gasteiger partial charge in [-0.05, 0) is 11.0 Å². The second kappa shape index (κ2) is 8.32. The summed E-state index contributed by atoms with van der Waals surface area (Å²) in [5.41, 5.74) is 0. The minimum Gasteiger partial charge on any atom is -1.00 e. The van der Waals surface area contributed by atoms with Crippen molar-refractivity contribution in [1.29, 1.82) is 0 Å². The zero-order valence-electron chi connectivity index (χ0n) is 7.13. The molecule has 0 rings (SSSR count). The normalized spacial score (nSPS) is 10.0. The maximum atomic E-state index is 9.91. The molecule has 0 fully saturated rings. The van der Waals surface area contributed by atoms with Gasteiger partial charge in [-0.25, -0.2) is 0 Å². The van der Waals surface area contributed by atoms with Crippen LogP contribution in [0.5, 0.6) is 0 Å². The summed E-state index contributed by atoms with van der Waals surface area (Å²) >= 11 is 0. The Morgan fingerprint density at radius 3 is 2.38 bits per heavy atom. The third kappa shape index (κ3) is 10.3. The molecule has 1 N–H and O–H groups in total. The Morgan fingerprint density at radius 1 is 1.75 bits per heavy atom. The van der Waals surface area contributed by atoms with Crippen LogP contribution in [-0.4, -0.2) is 48.8 Å². The van der Waals surface area contributed by atoms with Gasteiger partial charge < -0.3 is 2.85 Å². The first-order valence-corrected chi connectivity index (χ1v) is 3.80. The van der Waals surface area contributed by atoms with Crippen LogP contribution in [0, 0.1) is 0 Å². The molecule has 0 aromatic heterocycles. The van der Waals surface area contributed by atoms with Gasteiger partial charge in [0.25, 0.3) is 0 Å². The van der Waals surface area contributed by atoms with E-state index in [1.807, 2.05) is 6.92 Å². The van der Waals surface area contributed by atoms with Crippen LogP contribution in [0.25, 0.3) is 0 Å². The average Bonchev–Trinajstić information content (AvgIpc) is 1.61. The zero-order chi connectivity index (χ0) is 5.70. The van der Waals surface area contributed by atoms with Crippen molar-refractivity contribution >= 4 is 45.8 Å². The molecule has 0 amide bonds. The molecular weight excluding hydrogens is 151 g/mol. The van der Waals surface area contributed by atoms with E-state index in [1.54, 1.807) is 0 Å². The second-order valence-corrected chi connectivity index (χ2v) is 2.58. The van der Waals surface area contributed by atoms with Gasteiger partial charge in [0.1, 0.15) is 0 Å². The summed E-state index contributed by atoms with van der Waals surface area (Å²) in [5.74, 6) is 0. The van der Waals surface area contributed by atoms with Crippen molar-refractivity contribution in [3.05, 3.63) is 0 Å². The molecule has 0 aliphatic carbocycles. The van der Waals surface area contributed by atoms with E-state index < -0.39 is 8.03 Å². The maximum Gasteiger partial charge on any atom is 2.00 e. The summed E-state index contributed by atoms with van der Waals surface area (Å²) in [6, 6.07) is 0. The van der Waals surface area contributed by atoms with E-state index in [-0.39, 0.29) is 40.6 Å². The zero-order valence-corrected chi connectivity index (χ0v) is 8.23. The Balaban J connectivity index is -0.0000000600. The van der Waals surface area contributed by atoms with Gasteiger partial charge in [-0.1, -0.05) is 13.3 Å².